The summed E-state index contributed by atoms with van der Waals surface area (Å²) in [4.78, 5) is 20.9. The minimum Gasteiger partial charge on any atom is -0.508 e. The molecule has 382 valence electrons. The Balaban J connectivity index is 0.00000800. The van der Waals surface area contributed by atoms with Crippen LogP contribution in [-0.2, 0) is 37.3 Å². The van der Waals surface area contributed by atoms with Crippen molar-refractivity contribution in [2.24, 2.45) is 0 Å². The number of hydrogen-bond donors (Lipinski definition) is 0. The molecule has 0 fully saturated rings. The van der Waals surface area contributed by atoms with Crippen molar-refractivity contribution < 1.29 is 48.7 Å². The fourth-order valence-electron chi connectivity index (χ4n) is 9.72. The Hall–Kier alpha value is -8.67. The van der Waals surface area contributed by atoms with Crippen molar-refractivity contribution in [2.45, 2.75) is 64.7 Å². The summed E-state index contributed by atoms with van der Waals surface area (Å²) in [5.74, 6) is 2.67. The van der Waals surface area contributed by atoms with Crippen molar-refractivity contribution in [3.63, 3.8) is 0 Å². The van der Waals surface area contributed by atoms with Crippen LogP contribution in [0.1, 0.15) is 90.5 Å². The van der Waals surface area contributed by atoms with E-state index < -0.39 is 76.7 Å². The van der Waals surface area contributed by atoms with Crippen molar-refractivity contribution >= 4 is 39.2 Å². The van der Waals surface area contributed by atoms with Gasteiger partial charge in [0.25, 0.3) is 12.4 Å². The first kappa shape index (κ1) is 40.6. The number of hydrogen-bond acceptors (Lipinski definition) is 5. The van der Waals surface area contributed by atoms with Crippen LogP contribution in [0.5, 0.6) is 11.5 Å². The number of aromatic nitrogens is 5. The number of benzene rings is 8. The summed E-state index contributed by atoms with van der Waals surface area (Å²) < 4.78 is 100. The molecule has 0 saturated carbocycles. The van der Waals surface area contributed by atoms with Gasteiger partial charge in [0, 0.05) is 34.0 Å². The molecule has 78 heavy (non-hydrogen) atoms. The van der Waals surface area contributed by atoms with E-state index in [4.69, 9.17) is 38.4 Å². The molecule has 0 saturated heterocycles. The topological polar surface area (TPSA) is 71.7 Å². The van der Waals surface area contributed by atoms with E-state index in [1.165, 1.54) is 4.58 Å². The number of ether oxygens (including phenoxy) is 1. The molecular weight excluding hydrogens is 1140 g/mol. The third kappa shape index (κ3) is 9.64. The first-order chi connectivity index (χ1) is 41.4. The van der Waals surface area contributed by atoms with Crippen LogP contribution in [0.25, 0.3) is 61.3 Å². The van der Waals surface area contributed by atoms with E-state index in [1.807, 2.05) is 91.0 Å². The Morgan fingerprint density at radius 3 is 1.72 bits per heavy atom. The van der Waals surface area contributed by atoms with E-state index in [9.17, 15) is 0 Å². The van der Waals surface area contributed by atoms with Crippen LogP contribution < -0.4 is 4.74 Å². The number of para-hydroxylation sites is 2. The van der Waals surface area contributed by atoms with Crippen LogP contribution in [0.3, 0.4) is 0 Å². The molecular formula is C69H57N7OPt+2. The molecule has 1 aliphatic heterocycles. The average Bonchev–Trinajstić information content (AvgIpc) is 1.39. The molecule has 0 bridgehead atoms. The summed E-state index contributed by atoms with van der Waals surface area (Å²) in [5.41, 5.74) is 3.55. The second-order valence-corrected chi connectivity index (χ2v) is 20.9. The third-order valence-corrected chi connectivity index (χ3v) is 14.1. The Morgan fingerprint density at radius 1 is 0.551 bits per heavy atom. The summed E-state index contributed by atoms with van der Waals surface area (Å²) in [5, 5.41) is 1.78. The SMILES string of the molecule is [2H]c1c([2H])c([2H])c(-c2cccc(-c3c([2H])c([2H])c([2H])c([2H])c3[2H])c2[N+]2=C=[N+](c3[c-]c(Oc4[c-]c5c(cc4-c4nc(C(C)(C)c6ccccc6)nc(C(C)(C)c6ccccc6)n4)c4ccccc4n5-c4ccccn4)cc(C(C)(C)C)c3)C=C2)c([2H])c1[2H].[Pt+2]. The van der Waals surface area contributed by atoms with E-state index in [2.05, 4.69) is 102 Å². The maximum Gasteiger partial charge on any atom is 2.00 e. The maximum absolute atomic E-state index is 9.08. The molecule has 0 atom stereocenters. The summed E-state index contributed by atoms with van der Waals surface area (Å²) >= 11 is 0. The Kier molecular flexibility index (Phi) is 10.8. The Morgan fingerprint density at radius 2 is 1.13 bits per heavy atom. The summed E-state index contributed by atoms with van der Waals surface area (Å²) in [6.07, 6.45) is 5.07. The molecule has 0 radical (unpaired) electrons. The molecule has 4 heterocycles. The van der Waals surface area contributed by atoms with Crippen molar-refractivity contribution in [3.8, 4) is 51.0 Å². The van der Waals surface area contributed by atoms with E-state index in [1.54, 1.807) is 41.4 Å². The van der Waals surface area contributed by atoms with Gasteiger partial charge >= 0.3 is 27.1 Å². The van der Waals surface area contributed by atoms with Gasteiger partial charge in [-0.25, -0.2) is 19.9 Å². The van der Waals surface area contributed by atoms with Gasteiger partial charge in [0.2, 0.25) is 5.69 Å². The fraction of sp³-hybridized carbons (Fsp3) is 0.145. The molecule has 0 aliphatic carbocycles. The first-order valence-corrected chi connectivity index (χ1v) is 25.3. The number of nitrogens with zero attached hydrogens (tertiary/aromatic N) is 7. The molecule has 0 amide bonds. The molecule has 0 spiro atoms. The normalized spacial score (nSPS) is 14.4. The Bertz CT molecular complexity index is 4540. The van der Waals surface area contributed by atoms with Gasteiger partial charge in [-0.2, -0.15) is 0 Å². The van der Waals surface area contributed by atoms with Crippen LogP contribution in [-0.4, -0.2) is 39.7 Å². The predicted molar refractivity (Wildman–Crippen MR) is 309 cm³/mol. The van der Waals surface area contributed by atoms with E-state index in [0.717, 1.165) is 33.0 Å². The van der Waals surface area contributed by atoms with Crippen molar-refractivity contribution in [3.05, 3.63) is 259 Å². The van der Waals surface area contributed by atoms with E-state index in [-0.39, 0.29) is 60.5 Å². The molecule has 0 unspecified atom stereocenters. The fourth-order valence-corrected chi connectivity index (χ4v) is 9.72. The minimum absolute atomic E-state index is 0. The molecule has 0 N–H and O–H groups in total. The van der Waals surface area contributed by atoms with E-state index >= 15 is 0 Å². The van der Waals surface area contributed by atoms with Crippen LogP contribution in [0.4, 0.5) is 11.4 Å². The van der Waals surface area contributed by atoms with Gasteiger partial charge in [-0.3, -0.25) is 0 Å². The maximum atomic E-state index is 9.08. The quantitative estimate of drug-likeness (QED) is 0.0900. The third-order valence-electron chi connectivity index (χ3n) is 14.1. The zero-order valence-electron chi connectivity index (χ0n) is 53.9. The monoisotopic (exact) mass is 1200 g/mol. The standard InChI is InChI=1S/C69H57N7O.Pt/c1-67(2,3)51-41-52(74-39-40-75(46-74)63-54(47-25-12-8-13-26-47)34-24-35-55(63)48-27-14-9-15-28-48)43-53(42-51)77-61-45-60-57(56-33-20-21-36-59(56)76(60)62-37-22-23-38-70-62)44-58(61)64-71-65(68(4,5)49-29-16-10-17-30-49)73-66(72-64)69(6,7)50-31-18-11-19-32-50;/h8-42,44H,1-7H3;/q;+2/i8D,9D,12D,13D,14D,15D,25D,26D,27D,28D;. The summed E-state index contributed by atoms with van der Waals surface area (Å²) in [6.45, 7) is 14.6. The molecule has 12 rings (SSSR count). The second kappa shape index (κ2) is 20.7. The minimum atomic E-state index is -0.706. The van der Waals surface area contributed by atoms with Crippen molar-refractivity contribution in [1.29, 1.82) is 0 Å². The molecule has 9 heteroatoms. The zero-order valence-corrected chi connectivity index (χ0v) is 46.1. The van der Waals surface area contributed by atoms with Gasteiger partial charge in [0.15, 0.2) is 0 Å². The van der Waals surface area contributed by atoms with Crippen molar-refractivity contribution in [2.75, 3.05) is 0 Å². The van der Waals surface area contributed by atoms with Crippen LogP contribution in [0, 0.1) is 12.1 Å². The van der Waals surface area contributed by atoms with Crippen LogP contribution >= 0.6 is 0 Å². The largest absolute Gasteiger partial charge is 2.00 e. The molecule has 11 aromatic rings. The number of pyridine rings is 1. The molecule has 8 nitrogen and oxygen atoms in total. The van der Waals surface area contributed by atoms with Gasteiger partial charge in [-0.15, -0.1) is 29.1 Å². The van der Waals surface area contributed by atoms with Gasteiger partial charge in [-0.05, 0) is 96.6 Å². The first-order valence-electron chi connectivity index (χ1n) is 30.3. The molecule has 1 aliphatic rings. The van der Waals surface area contributed by atoms with Gasteiger partial charge in [-0.1, -0.05) is 199 Å². The van der Waals surface area contributed by atoms with Crippen molar-refractivity contribution in [1.82, 2.24) is 24.5 Å². The summed E-state index contributed by atoms with van der Waals surface area (Å²) in [6, 6.07) is 49.9. The second-order valence-electron chi connectivity index (χ2n) is 20.9. The number of rotatable bonds is 12. The smallest absolute Gasteiger partial charge is 0.508 e. The van der Waals surface area contributed by atoms with Gasteiger partial charge in [0.1, 0.15) is 29.0 Å². The predicted octanol–water partition coefficient (Wildman–Crippen LogP) is 16.4. The van der Waals surface area contributed by atoms with Crippen LogP contribution in [0.2, 0.25) is 0 Å². The Labute approximate surface area is 484 Å². The summed E-state index contributed by atoms with van der Waals surface area (Å²) in [7, 11) is 0. The van der Waals surface area contributed by atoms with Gasteiger partial charge in [0.05, 0.1) is 24.8 Å². The average molecular weight is 1210 g/mol. The van der Waals surface area contributed by atoms with Gasteiger partial charge < -0.3 is 9.30 Å². The van der Waals surface area contributed by atoms with Crippen LogP contribution in [0.15, 0.2) is 219 Å². The zero-order chi connectivity index (χ0) is 61.6. The number of fused-ring (bicyclic) bond motifs is 3. The van der Waals surface area contributed by atoms with E-state index in [0.29, 0.717) is 40.1 Å². The molecule has 8 aromatic carbocycles. The molecule has 3 aromatic heterocycles.